The number of hydrogen-bond donors (Lipinski definition) is 1. The van der Waals surface area contributed by atoms with Crippen LogP contribution in [-0.4, -0.2) is 47.4 Å². The lowest BCUT2D eigenvalue weighted by Crippen LogP contribution is -2.37. The monoisotopic (exact) mass is 344 g/mol. The molecule has 2 unspecified atom stereocenters. The lowest BCUT2D eigenvalue weighted by atomic mass is 9.98. The van der Waals surface area contributed by atoms with Gasteiger partial charge >= 0.3 is 5.97 Å². The number of likely N-dealkylation sites (tertiary alicyclic amines) is 1. The lowest BCUT2D eigenvalue weighted by Gasteiger charge is -2.22. The first kappa shape index (κ1) is 17.5. The van der Waals surface area contributed by atoms with Crippen LogP contribution in [-0.2, 0) is 14.4 Å². The average molecular weight is 344 g/mol. The Morgan fingerprint density at radius 1 is 1.24 bits per heavy atom. The molecule has 0 spiro atoms. The van der Waals surface area contributed by atoms with Gasteiger partial charge < -0.3 is 14.9 Å². The van der Waals surface area contributed by atoms with Crippen LogP contribution in [0, 0.1) is 11.8 Å². The highest BCUT2D eigenvalue weighted by atomic mass is 16.4. The van der Waals surface area contributed by atoms with Crippen LogP contribution >= 0.6 is 0 Å². The average Bonchev–Trinajstić information content (AvgIpc) is 3.08. The minimum absolute atomic E-state index is 0.00383. The molecule has 0 aliphatic carbocycles. The van der Waals surface area contributed by atoms with Crippen molar-refractivity contribution in [1.29, 1.82) is 0 Å². The number of carboxylic acids is 1. The van der Waals surface area contributed by atoms with Crippen molar-refractivity contribution in [3.8, 4) is 0 Å². The number of para-hydroxylation sites is 1. The Morgan fingerprint density at radius 2 is 1.96 bits per heavy atom. The van der Waals surface area contributed by atoms with Gasteiger partial charge in [-0.15, -0.1) is 0 Å². The highest BCUT2D eigenvalue weighted by Gasteiger charge is 2.40. The Labute approximate surface area is 147 Å². The molecule has 6 heteroatoms. The number of benzene rings is 1. The van der Waals surface area contributed by atoms with Crippen LogP contribution in [0.4, 0.5) is 5.69 Å². The highest BCUT2D eigenvalue weighted by Crippen LogP contribution is 2.39. The smallest absolute Gasteiger partial charge is 0.304 e. The van der Waals surface area contributed by atoms with Gasteiger partial charge in [0.25, 0.3) is 0 Å². The second kappa shape index (κ2) is 6.86. The topological polar surface area (TPSA) is 77.9 Å². The third-order valence-corrected chi connectivity index (χ3v) is 4.91. The number of hydrogen-bond acceptors (Lipinski definition) is 3. The summed E-state index contributed by atoms with van der Waals surface area (Å²) in [4.78, 5) is 39.8. The second-order valence-corrected chi connectivity index (χ2v) is 7.40. The maximum absolute atomic E-state index is 13.0. The van der Waals surface area contributed by atoms with Gasteiger partial charge in [0, 0.05) is 37.7 Å². The van der Waals surface area contributed by atoms with Gasteiger partial charge in [-0.3, -0.25) is 14.4 Å². The normalized spacial score (nSPS) is 22.6. The molecule has 2 atom stereocenters. The van der Waals surface area contributed by atoms with Crippen molar-refractivity contribution in [3.05, 3.63) is 29.8 Å². The van der Waals surface area contributed by atoms with Gasteiger partial charge in [0.15, 0.2) is 0 Å². The summed E-state index contributed by atoms with van der Waals surface area (Å²) in [5.74, 6) is -1.08. The molecule has 0 aromatic heterocycles. The quantitative estimate of drug-likeness (QED) is 0.887. The van der Waals surface area contributed by atoms with Crippen LogP contribution in [0.3, 0.4) is 0 Å². The SMILES string of the molecule is CC(C)CN1CC(C(=O)N2CC(CC(=O)O)c3ccccc32)CC1=O. The highest BCUT2D eigenvalue weighted by molar-refractivity contribution is 6.01. The van der Waals surface area contributed by atoms with Crippen LogP contribution < -0.4 is 4.90 Å². The summed E-state index contributed by atoms with van der Waals surface area (Å²) in [6, 6.07) is 7.47. The van der Waals surface area contributed by atoms with Gasteiger partial charge in [-0.1, -0.05) is 32.0 Å². The van der Waals surface area contributed by atoms with E-state index in [4.69, 9.17) is 5.11 Å². The fraction of sp³-hybridized carbons (Fsp3) is 0.526. The minimum Gasteiger partial charge on any atom is -0.481 e. The first-order chi connectivity index (χ1) is 11.9. The van der Waals surface area contributed by atoms with Crippen LogP contribution in [0.15, 0.2) is 24.3 Å². The first-order valence-corrected chi connectivity index (χ1v) is 8.76. The van der Waals surface area contributed by atoms with E-state index in [0.29, 0.717) is 25.6 Å². The molecule has 2 aliphatic heterocycles. The number of carboxylic acid groups (broad SMARTS) is 1. The van der Waals surface area contributed by atoms with Crippen LogP contribution in [0.1, 0.15) is 38.2 Å². The fourth-order valence-electron chi connectivity index (χ4n) is 3.86. The van der Waals surface area contributed by atoms with Crippen molar-refractivity contribution in [2.24, 2.45) is 11.8 Å². The second-order valence-electron chi connectivity index (χ2n) is 7.40. The molecule has 0 bridgehead atoms. The molecule has 2 aliphatic rings. The molecule has 1 aromatic carbocycles. The zero-order valence-electron chi connectivity index (χ0n) is 14.6. The van der Waals surface area contributed by atoms with Gasteiger partial charge in [-0.2, -0.15) is 0 Å². The molecule has 1 aromatic rings. The van der Waals surface area contributed by atoms with E-state index in [1.54, 1.807) is 9.80 Å². The fourth-order valence-corrected chi connectivity index (χ4v) is 3.86. The molecule has 0 radical (unpaired) electrons. The Bertz CT molecular complexity index is 700. The molecule has 25 heavy (non-hydrogen) atoms. The standard InChI is InChI=1S/C19H24N2O4/c1-12(2)9-20-10-14(7-17(20)22)19(25)21-11-13(8-18(23)24)15-5-3-4-6-16(15)21/h3-6,12-14H,7-11H2,1-2H3,(H,23,24). The number of amides is 2. The van der Waals surface area contributed by atoms with Crippen molar-refractivity contribution < 1.29 is 19.5 Å². The zero-order chi connectivity index (χ0) is 18.1. The van der Waals surface area contributed by atoms with Crippen molar-refractivity contribution in [2.75, 3.05) is 24.5 Å². The zero-order valence-corrected chi connectivity index (χ0v) is 14.6. The molecule has 0 saturated carbocycles. The summed E-state index contributed by atoms with van der Waals surface area (Å²) in [7, 11) is 0. The molecule has 1 saturated heterocycles. The Hall–Kier alpha value is -2.37. The van der Waals surface area contributed by atoms with E-state index < -0.39 is 5.97 Å². The molecule has 1 fully saturated rings. The van der Waals surface area contributed by atoms with E-state index >= 15 is 0 Å². The summed E-state index contributed by atoms with van der Waals surface area (Å²) in [5.41, 5.74) is 1.69. The summed E-state index contributed by atoms with van der Waals surface area (Å²) in [6.07, 6.45) is 0.248. The van der Waals surface area contributed by atoms with Crippen molar-refractivity contribution in [2.45, 2.75) is 32.6 Å². The summed E-state index contributed by atoms with van der Waals surface area (Å²) < 4.78 is 0. The number of aliphatic carboxylic acids is 1. The number of carbonyl (C=O) groups is 3. The van der Waals surface area contributed by atoms with Gasteiger partial charge in [-0.05, 0) is 17.5 Å². The van der Waals surface area contributed by atoms with Gasteiger partial charge in [0.2, 0.25) is 11.8 Å². The van der Waals surface area contributed by atoms with Gasteiger partial charge in [-0.25, -0.2) is 0 Å². The summed E-state index contributed by atoms with van der Waals surface area (Å²) >= 11 is 0. The molecule has 134 valence electrons. The van der Waals surface area contributed by atoms with Crippen molar-refractivity contribution in [3.63, 3.8) is 0 Å². The van der Waals surface area contributed by atoms with Gasteiger partial charge in [0.05, 0.1) is 12.3 Å². The Morgan fingerprint density at radius 3 is 2.64 bits per heavy atom. The van der Waals surface area contributed by atoms with Crippen LogP contribution in [0.25, 0.3) is 0 Å². The third kappa shape index (κ3) is 3.52. The van der Waals surface area contributed by atoms with Gasteiger partial charge in [0.1, 0.15) is 0 Å². The molecule has 2 heterocycles. The number of fused-ring (bicyclic) bond motifs is 1. The molecular weight excluding hydrogens is 320 g/mol. The maximum Gasteiger partial charge on any atom is 0.304 e. The van der Waals surface area contributed by atoms with E-state index in [-0.39, 0.29) is 36.5 Å². The minimum atomic E-state index is -0.867. The number of anilines is 1. The maximum atomic E-state index is 13.0. The Balaban J connectivity index is 1.77. The van der Waals surface area contributed by atoms with E-state index in [1.165, 1.54) is 0 Å². The van der Waals surface area contributed by atoms with E-state index in [2.05, 4.69) is 13.8 Å². The molecule has 3 rings (SSSR count). The first-order valence-electron chi connectivity index (χ1n) is 8.76. The summed E-state index contributed by atoms with van der Waals surface area (Å²) in [5, 5.41) is 9.13. The number of rotatable bonds is 5. The van der Waals surface area contributed by atoms with Crippen molar-refractivity contribution in [1.82, 2.24) is 4.90 Å². The Kier molecular flexibility index (Phi) is 4.79. The number of carbonyl (C=O) groups excluding carboxylic acids is 2. The van der Waals surface area contributed by atoms with Crippen LogP contribution in [0.5, 0.6) is 0 Å². The largest absolute Gasteiger partial charge is 0.481 e. The third-order valence-electron chi connectivity index (χ3n) is 4.91. The summed E-state index contributed by atoms with van der Waals surface area (Å²) in [6.45, 7) is 5.60. The molecular formula is C19H24N2O4. The molecule has 1 N–H and O–H groups in total. The molecule has 2 amide bonds. The van der Waals surface area contributed by atoms with Crippen LogP contribution in [0.2, 0.25) is 0 Å². The predicted molar refractivity (Wildman–Crippen MR) is 93.3 cm³/mol. The lowest BCUT2D eigenvalue weighted by molar-refractivity contribution is -0.137. The number of nitrogens with zero attached hydrogens (tertiary/aromatic N) is 2. The van der Waals surface area contributed by atoms with Crippen molar-refractivity contribution >= 4 is 23.5 Å². The van der Waals surface area contributed by atoms with E-state index in [0.717, 1.165) is 11.3 Å². The van der Waals surface area contributed by atoms with E-state index in [1.807, 2.05) is 24.3 Å². The predicted octanol–water partition coefficient (Wildman–Crippen LogP) is 2.10. The van der Waals surface area contributed by atoms with E-state index in [9.17, 15) is 14.4 Å². The molecule has 6 nitrogen and oxygen atoms in total.